The lowest BCUT2D eigenvalue weighted by atomic mass is 10.0. The van der Waals surface area contributed by atoms with Crippen LogP contribution in [-0.4, -0.2) is 4.98 Å². The lowest BCUT2D eigenvalue weighted by Crippen LogP contribution is -2.12. The van der Waals surface area contributed by atoms with Crippen LogP contribution in [0.15, 0.2) is 182 Å². The topological polar surface area (TPSA) is 22.3 Å². The van der Waals surface area contributed by atoms with Gasteiger partial charge in [-0.25, -0.2) is 0 Å². The van der Waals surface area contributed by atoms with Crippen molar-refractivity contribution in [3.05, 3.63) is 182 Å². The number of fused-ring (bicyclic) bond motifs is 3. The Kier molecular flexibility index (Phi) is 6.82. The molecular formula is C42H31N3. The van der Waals surface area contributed by atoms with Gasteiger partial charge in [0.1, 0.15) is 0 Å². The first-order chi connectivity index (χ1) is 22.3. The zero-order chi connectivity index (χ0) is 30.0. The Bertz CT molecular complexity index is 2190. The predicted molar refractivity (Wildman–Crippen MR) is 191 cm³/mol. The number of para-hydroxylation sites is 3. The van der Waals surface area contributed by atoms with E-state index in [0.717, 1.165) is 45.2 Å². The van der Waals surface area contributed by atoms with Crippen molar-refractivity contribution in [1.82, 2.24) is 4.98 Å². The van der Waals surface area contributed by atoms with Crippen molar-refractivity contribution in [3.63, 3.8) is 0 Å². The van der Waals surface area contributed by atoms with Crippen LogP contribution in [0.25, 0.3) is 32.9 Å². The molecule has 0 aliphatic carbocycles. The van der Waals surface area contributed by atoms with Crippen LogP contribution in [0.3, 0.4) is 0 Å². The zero-order valence-electron chi connectivity index (χ0n) is 24.7. The standard InChI is InChI=1S/C42H31N3/c1-4-12-31(13-5-1)32-20-22-35(23-21-32)44(33-14-6-2-7-15-33)36-24-26-37(27-25-36)45(34-16-8-3-9-17-34)38-28-29-40-39-18-10-11-19-41(39)43-42(40)30-38/h1-30,43H. The molecule has 0 amide bonds. The van der Waals surface area contributed by atoms with Crippen LogP contribution in [0.2, 0.25) is 0 Å². The Morgan fingerprint density at radius 2 is 0.689 bits per heavy atom. The summed E-state index contributed by atoms with van der Waals surface area (Å²) in [6.07, 6.45) is 0. The fourth-order valence-corrected chi connectivity index (χ4v) is 6.21. The van der Waals surface area contributed by atoms with Crippen LogP contribution >= 0.6 is 0 Å². The number of benzene rings is 7. The molecule has 0 unspecified atom stereocenters. The molecule has 0 aliphatic rings. The molecule has 3 heteroatoms. The van der Waals surface area contributed by atoms with Gasteiger partial charge in [0, 0.05) is 55.9 Å². The summed E-state index contributed by atoms with van der Waals surface area (Å²) in [7, 11) is 0. The molecule has 8 rings (SSSR count). The van der Waals surface area contributed by atoms with Crippen LogP contribution < -0.4 is 9.80 Å². The Balaban J connectivity index is 1.19. The van der Waals surface area contributed by atoms with E-state index >= 15 is 0 Å². The van der Waals surface area contributed by atoms with E-state index in [1.807, 2.05) is 0 Å². The van der Waals surface area contributed by atoms with Gasteiger partial charge in [-0.1, -0.05) is 103 Å². The van der Waals surface area contributed by atoms with Gasteiger partial charge in [-0.15, -0.1) is 0 Å². The third-order valence-electron chi connectivity index (χ3n) is 8.38. The van der Waals surface area contributed by atoms with Gasteiger partial charge in [0.15, 0.2) is 0 Å². The molecule has 8 aromatic rings. The van der Waals surface area contributed by atoms with Gasteiger partial charge in [0.2, 0.25) is 0 Å². The number of rotatable bonds is 7. The maximum absolute atomic E-state index is 3.62. The number of H-pyrrole nitrogens is 1. The fourth-order valence-electron chi connectivity index (χ4n) is 6.21. The highest BCUT2D eigenvalue weighted by atomic mass is 15.2. The average Bonchev–Trinajstić information content (AvgIpc) is 3.49. The monoisotopic (exact) mass is 577 g/mol. The van der Waals surface area contributed by atoms with E-state index < -0.39 is 0 Å². The van der Waals surface area contributed by atoms with Crippen molar-refractivity contribution in [2.75, 3.05) is 9.80 Å². The van der Waals surface area contributed by atoms with Gasteiger partial charge >= 0.3 is 0 Å². The Hall–Kier alpha value is -6.06. The Labute approximate surface area is 263 Å². The van der Waals surface area contributed by atoms with E-state index in [0.29, 0.717) is 0 Å². The van der Waals surface area contributed by atoms with Crippen molar-refractivity contribution >= 4 is 55.9 Å². The van der Waals surface area contributed by atoms with Gasteiger partial charge in [0.25, 0.3) is 0 Å². The van der Waals surface area contributed by atoms with E-state index in [9.17, 15) is 0 Å². The molecule has 1 aromatic heterocycles. The highest BCUT2D eigenvalue weighted by Crippen LogP contribution is 2.40. The van der Waals surface area contributed by atoms with Crippen molar-refractivity contribution < 1.29 is 0 Å². The number of nitrogens with one attached hydrogen (secondary N) is 1. The first kappa shape index (κ1) is 26.6. The molecule has 0 saturated carbocycles. The summed E-state index contributed by atoms with van der Waals surface area (Å²) in [6, 6.07) is 64.5. The summed E-state index contributed by atoms with van der Waals surface area (Å²) in [5, 5.41) is 2.47. The van der Waals surface area contributed by atoms with Crippen molar-refractivity contribution in [1.29, 1.82) is 0 Å². The second kappa shape index (κ2) is 11.6. The number of hydrogen-bond acceptors (Lipinski definition) is 2. The number of aromatic nitrogens is 1. The predicted octanol–water partition coefficient (Wildman–Crippen LogP) is 11.9. The van der Waals surface area contributed by atoms with Crippen LogP contribution in [0.5, 0.6) is 0 Å². The zero-order valence-corrected chi connectivity index (χ0v) is 24.7. The minimum absolute atomic E-state index is 1.09. The quantitative estimate of drug-likeness (QED) is 0.204. The van der Waals surface area contributed by atoms with Gasteiger partial charge in [-0.3, -0.25) is 0 Å². The molecule has 0 atom stereocenters. The minimum atomic E-state index is 1.09. The van der Waals surface area contributed by atoms with Crippen molar-refractivity contribution in [2.45, 2.75) is 0 Å². The molecule has 7 aromatic carbocycles. The maximum Gasteiger partial charge on any atom is 0.0485 e. The molecule has 45 heavy (non-hydrogen) atoms. The van der Waals surface area contributed by atoms with Gasteiger partial charge in [0.05, 0.1) is 0 Å². The molecule has 1 N–H and O–H groups in total. The summed E-state index contributed by atoms with van der Waals surface area (Å²) < 4.78 is 0. The lowest BCUT2D eigenvalue weighted by molar-refractivity contribution is 1.26. The molecule has 0 saturated heterocycles. The lowest BCUT2D eigenvalue weighted by Gasteiger charge is -2.28. The average molecular weight is 578 g/mol. The first-order valence-corrected chi connectivity index (χ1v) is 15.3. The highest BCUT2D eigenvalue weighted by Gasteiger charge is 2.17. The Morgan fingerprint density at radius 3 is 1.29 bits per heavy atom. The van der Waals surface area contributed by atoms with Crippen LogP contribution in [0.1, 0.15) is 0 Å². The van der Waals surface area contributed by atoms with E-state index in [2.05, 4.69) is 197 Å². The maximum atomic E-state index is 3.62. The highest BCUT2D eigenvalue weighted by molar-refractivity contribution is 6.08. The molecule has 0 fully saturated rings. The minimum Gasteiger partial charge on any atom is -0.354 e. The van der Waals surface area contributed by atoms with Crippen LogP contribution in [-0.2, 0) is 0 Å². The van der Waals surface area contributed by atoms with E-state index in [4.69, 9.17) is 0 Å². The smallest absolute Gasteiger partial charge is 0.0485 e. The summed E-state index contributed by atoms with van der Waals surface area (Å²) in [5.41, 5.74) is 11.3. The molecule has 214 valence electrons. The van der Waals surface area contributed by atoms with Gasteiger partial charge in [-0.2, -0.15) is 0 Å². The van der Waals surface area contributed by atoms with Crippen molar-refractivity contribution in [3.8, 4) is 11.1 Å². The third-order valence-corrected chi connectivity index (χ3v) is 8.38. The molecular weight excluding hydrogens is 546 g/mol. The summed E-state index contributed by atoms with van der Waals surface area (Å²) in [4.78, 5) is 8.24. The van der Waals surface area contributed by atoms with E-state index in [1.54, 1.807) is 0 Å². The second-order valence-corrected chi connectivity index (χ2v) is 11.2. The molecule has 0 spiro atoms. The number of anilines is 6. The largest absolute Gasteiger partial charge is 0.354 e. The second-order valence-electron chi connectivity index (χ2n) is 11.2. The first-order valence-electron chi connectivity index (χ1n) is 15.3. The molecule has 0 aliphatic heterocycles. The summed E-state index contributed by atoms with van der Waals surface area (Å²) in [5.74, 6) is 0. The van der Waals surface area contributed by atoms with Gasteiger partial charge < -0.3 is 14.8 Å². The third kappa shape index (κ3) is 5.11. The normalized spacial score (nSPS) is 11.1. The van der Waals surface area contributed by atoms with Crippen LogP contribution in [0.4, 0.5) is 34.1 Å². The number of nitrogens with zero attached hydrogens (tertiary/aromatic N) is 2. The van der Waals surface area contributed by atoms with Crippen LogP contribution in [0, 0.1) is 0 Å². The molecule has 0 bridgehead atoms. The van der Waals surface area contributed by atoms with E-state index in [-0.39, 0.29) is 0 Å². The summed E-state index contributed by atoms with van der Waals surface area (Å²) in [6.45, 7) is 0. The molecule has 0 radical (unpaired) electrons. The fraction of sp³-hybridized carbons (Fsp3) is 0. The Morgan fingerprint density at radius 1 is 0.289 bits per heavy atom. The SMILES string of the molecule is c1ccc(-c2ccc(N(c3ccccc3)c3ccc(N(c4ccccc4)c4ccc5c(c4)[nH]c4ccccc45)cc3)cc2)cc1. The van der Waals surface area contributed by atoms with Gasteiger partial charge in [-0.05, 0) is 90.0 Å². The summed E-state index contributed by atoms with van der Waals surface area (Å²) >= 11 is 0. The van der Waals surface area contributed by atoms with Crippen molar-refractivity contribution in [2.24, 2.45) is 0 Å². The number of aromatic amines is 1. The number of hydrogen-bond donors (Lipinski definition) is 1. The molecule has 1 heterocycles. The van der Waals surface area contributed by atoms with E-state index in [1.165, 1.54) is 21.9 Å². The molecule has 3 nitrogen and oxygen atoms in total.